The molecular formula is C28H31NO. The first-order valence-electron chi connectivity index (χ1n) is 11.0. The summed E-state index contributed by atoms with van der Waals surface area (Å²) in [6.07, 6.45) is 3.34. The van der Waals surface area contributed by atoms with Gasteiger partial charge in [0.1, 0.15) is 5.75 Å². The predicted octanol–water partition coefficient (Wildman–Crippen LogP) is 6.36. The molecule has 4 rings (SSSR count). The molecule has 0 unspecified atom stereocenters. The Kier molecular flexibility index (Phi) is 6.99. The van der Waals surface area contributed by atoms with Crippen LogP contribution in [0.5, 0.6) is 5.75 Å². The average molecular weight is 398 g/mol. The number of aryl methyl sites for hydroxylation is 1. The normalized spacial score (nSPS) is 14.5. The second-order valence-corrected chi connectivity index (χ2v) is 8.07. The van der Waals surface area contributed by atoms with Crippen LogP contribution in [-0.2, 0) is 0 Å². The van der Waals surface area contributed by atoms with Crippen molar-refractivity contribution in [3.05, 3.63) is 107 Å². The summed E-state index contributed by atoms with van der Waals surface area (Å²) >= 11 is 0. The second kappa shape index (κ2) is 10.3. The van der Waals surface area contributed by atoms with Gasteiger partial charge in [-0.25, -0.2) is 0 Å². The Labute approximate surface area is 180 Å². The third kappa shape index (κ3) is 5.40. The Hall–Kier alpha value is -2.84. The fraction of sp³-hybridized carbons (Fsp3) is 0.286. The van der Waals surface area contributed by atoms with E-state index in [1.807, 2.05) is 0 Å². The molecular weight excluding hydrogens is 366 g/mol. The van der Waals surface area contributed by atoms with E-state index >= 15 is 0 Å². The van der Waals surface area contributed by atoms with Crippen molar-refractivity contribution < 1.29 is 4.74 Å². The molecule has 0 bridgehead atoms. The summed E-state index contributed by atoms with van der Waals surface area (Å²) < 4.78 is 5.89. The number of rotatable bonds is 7. The molecule has 30 heavy (non-hydrogen) atoms. The van der Waals surface area contributed by atoms with Crippen molar-refractivity contribution in [2.45, 2.75) is 26.2 Å². The first-order valence-corrected chi connectivity index (χ1v) is 11.0. The SMILES string of the molecule is Cc1ccc(OCCCN2CCC(=C(c3ccccc3)c3ccccc3)CC2)cc1. The van der Waals surface area contributed by atoms with Gasteiger partial charge in [0.05, 0.1) is 6.61 Å². The molecule has 3 aromatic carbocycles. The van der Waals surface area contributed by atoms with Gasteiger partial charge in [0.15, 0.2) is 0 Å². The molecule has 2 heteroatoms. The molecule has 1 fully saturated rings. The lowest BCUT2D eigenvalue weighted by atomic mass is 9.88. The van der Waals surface area contributed by atoms with Crippen LogP contribution in [0.4, 0.5) is 0 Å². The summed E-state index contributed by atoms with van der Waals surface area (Å²) in [5, 5.41) is 0. The van der Waals surface area contributed by atoms with E-state index in [2.05, 4.69) is 96.8 Å². The summed E-state index contributed by atoms with van der Waals surface area (Å²) in [5.41, 5.74) is 6.94. The average Bonchev–Trinajstić information content (AvgIpc) is 2.80. The van der Waals surface area contributed by atoms with E-state index in [0.29, 0.717) is 0 Å². The number of hydrogen-bond acceptors (Lipinski definition) is 2. The Balaban J connectivity index is 1.34. The van der Waals surface area contributed by atoms with Gasteiger partial charge in [0.2, 0.25) is 0 Å². The molecule has 0 N–H and O–H groups in total. The molecule has 154 valence electrons. The summed E-state index contributed by atoms with van der Waals surface area (Å²) in [4.78, 5) is 2.58. The number of nitrogens with zero attached hydrogens (tertiary/aromatic N) is 1. The summed E-state index contributed by atoms with van der Waals surface area (Å²) in [6, 6.07) is 30.0. The van der Waals surface area contributed by atoms with Gasteiger partial charge >= 0.3 is 0 Å². The molecule has 1 aliphatic rings. The van der Waals surface area contributed by atoms with Gasteiger partial charge in [-0.3, -0.25) is 0 Å². The van der Waals surface area contributed by atoms with Gasteiger partial charge in [-0.15, -0.1) is 0 Å². The fourth-order valence-corrected chi connectivity index (χ4v) is 4.19. The largest absolute Gasteiger partial charge is 0.494 e. The van der Waals surface area contributed by atoms with E-state index in [0.717, 1.165) is 51.3 Å². The lowest BCUT2D eigenvalue weighted by molar-refractivity contribution is 0.223. The van der Waals surface area contributed by atoms with Crippen molar-refractivity contribution in [1.29, 1.82) is 0 Å². The summed E-state index contributed by atoms with van der Waals surface area (Å²) in [5.74, 6) is 0.972. The van der Waals surface area contributed by atoms with E-state index in [9.17, 15) is 0 Å². The summed E-state index contributed by atoms with van der Waals surface area (Å²) in [7, 11) is 0. The van der Waals surface area contributed by atoms with Gasteiger partial charge in [-0.05, 0) is 55.0 Å². The highest BCUT2D eigenvalue weighted by Gasteiger charge is 2.18. The minimum atomic E-state index is 0.779. The van der Waals surface area contributed by atoms with Crippen molar-refractivity contribution in [3.8, 4) is 5.75 Å². The summed E-state index contributed by atoms with van der Waals surface area (Å²) in [6.45, 7) is 6.24. The maximum atomic E-state index is 5.89. The monoisotopic (exact) mass is 397 g/mol. The van der Waals surface area contributed by atoms with E-state index in [1.54, 1.807) is 5.57 Å². The molecule has 0 atom stereocenters. The third-order valence-corrected chi connectivity index (χ3v) is 5.85. The van der Waals surface area contributed by atoms with Gasteiger partial charge in [-0.2, -0.15) is 0 Å². The van der Waals surface area contributed by atoms with Crippen LogP contribution in [0.3, 0.4) is 0 Å². The first kappa shape index (κ1) is 20.4. The van der Waals surface area contributed by atoms with Crippen LogP contribution in [-0.4, -0.2) is 31.1 Å². The van der Waals surface area contributed by atoms with E-state index in [1.165, 1.54) is 22.3 Å². The maximum Gasteiger partial charge on any atom is 0.119 e. The van der Waals surface area contributed by atoms with Crippen LogP contribution in [0.2, 0.25) is 0 Å². The van der Waals surface area contributed by atoms with Crippen LogP contribution < -0.4 is 4.74 Å². The molecule has 1 aliphatic heterocycles. The van der Waals surface area contributed by atoms with Crippen LogP contribution in [0.25, 0.3) is 5.57 Å². The highest BCUT2D eigenvalue weighted by atomic mass is 16.5. The zero-order chi connectivity index (χ0) is 20.6. The Morgan fingerprint density at radius 3 is 1.90 bits per heavy atom. The fourth-order valence-electron chi connectivity index (χ4n) is 4.19. The molecule has 0 amide bonds. The molecule has 0 radical (unpaired) electrons. The Bertz CT molecular complexity index is 893. The Morgan fingerprint density at radius 1 is 0.767 bits per heavy atom. The molecule has 0 aromatic heterocycles. The van der Waals surface area contributed by atoms with Gasteiger partial charge in [0.25, 0.3) is 0 Å². The van der Waals surface area contributed by atoms with E-state index in [-0.39, 0.29) is 0 Å². The number of hydrogen-bond donors (Lipinski definition) is 0. The van der Waals surface area contributed by atoms with Crippen molar-refractivity contribution in [1.82, 2.24) is 4.90 Å². The minimum Gasteiger partial charge on any atom is -0.494 e. The highest BCUT2D eigenvalue weighted by Crippen LogP contribution is 2.32. The quantitative estimate of drug-likeness (QED) is 0.430. The molecule has 3 aromatic rings. The second-order valence-electron chi connectivity index (χ2n) is 8.07. The minimum absolute atomic E-state index is 0.779. The Morgan fingerprint density at radius 2 is 1.33 bits per heavy atom. The van der Waals surface area contributed by atoms with E-state index in [4.69, 9.17) is 4.74 Å². The lowest BCUT2D eigenvalue weighted by Crippen LogP contribution is -2.32. The third-order valence-electron chi connectivity index (χ3n) is 5.85. The first-order chi connectivity index (χ1) is 14.8. The van der Waals surface area contributed by atoms with Crippen LogP contribution in [0.15, 0.2) is 90.5 Å². The lowest BCUT2D eigenvalue weighted by Gasteiger charge is -2.30. The van der Waals surface area contributed by atoms with Crippen LogP contribution >= 0.6 is 0 Å². The van der Waals surface area contributed by atoms with Gasteiger partial charge in [0, 0.05) is 19.6 Å². The predicted molar refractivity (Wildman–Crippen MR) is 126 cm³/mol. The molecule has 0 aliphatic carbocycles. The van der Waals surface area contributed by atoms with Gasteiger partial charge in [-0.1, -0.05) is 83.9 Å². The van der Waals surface area contributed by atoms with Crippen molar-refractivity contribution in [3.63, 3.8) is 0 Å². The topological polar surface area (TPSA) is 12.5 Å². The smallest absolute Gasteiger partial charge is 0.119 e. The zero-order valence-electron chi connectivity index (χ0n) is 17.9. The van der Waals surface area contributed by atoms with Crippen LogP contribution in [0.1, 0.15) is 36.0 Å². The number of piperidine rings is 1. The number of likely N-dealkylation sites (tertiary alicyclic amines) is 1. The molecule has 2 nitrogen and oxygen atoms in total. The zero-order valence-corrected chi connectivity index (χ0v) is 17.9. The molecule has 0 spiro atoms. The maximum absolute atomic E-state index is 5.89. The van der Waals surface area contributed by atoms with Crippen LogP contribution in [0, 0.1) is 6.92 Å². The highest BCUT2D eigenvalue weighted by molar-refractivity contribution is 5.82. The molecule has 1 heterocycles. The molecule has 1 saturated heterocycles. The van der Waals surface area contributed by atoms with E-state index < -0.39 is 0 Å². The standard InChI is InChI=1S/C28H31NO/c1-23-13-15-27(16-14-23)30-22-8-19-29-20-17-26(18-21-29)28(24-9-4-2-5-10-24)25-11-6-3-7-12-25/h2-7,9-16H,8,17-22H2,1H3. The van der Waals surface area contributed by atoms with Crippen molar-refractivity contribution in [2.75, 3.05) is 26.2 Å². The molecule has 0 saturated carbocycles. The number of benzene rings is 3. The van der Waals surface area contributed by atoms with Crippen molar-refractivity contribution in [2.24, 2.45) is 0 Å². The number of ether oxygens (including phenoxy) is 1. The van der Waals surface area contributed by atoms with Gasteiger partial charge < -0.3 is 9.64 Å². The van der Waals surface area contributed by atoms with Crippen molar-refractivity contribution >= 4 is 5.57 Å².